The average Bonchev–Trinajstić information content (AvgIpc) is 2.39. The Morgan fingerprint density at radius 3 is 2.74 bits per heavy atom. The van der Waals surface area contributed by atoms with Gasteiger partial charge in [0.05, 0.1) is 0 Å². The molecule has 0 aliphatic carbocycles. The lowest BCUT2D eigenvalue weighted by molar-refractivity contribution is -0.122. The Morgan fingerprint density at radius 1 is 1.37 bits per heavy atom. The lowest BCUT2D eigenvalue weighted by atomic mass is 10.1. The zero-order valence-electron chi connectivity index (χ0n) is 11.5. The molecule has 0 radical (unpaired) electrons. The molecule has 1 rings (SSSR count). The molecule has 1 aromatic carbocycles. The van der Waals surface area contributed by atoms with Gasteiger partial charge in [0.1, 0.15) is 6.04 Å². The minimum Gasteiger partial charge on any atom is -0.355 e. The van der Waals surface area contributed by atoms with Crippen LogP contribution in [-0.4, -0.2) is 30.7 Å². The van der Waals surface area contributed by atoms with Crippen LogP contribution in [0, 0.1) is 0 Å². The average molecular weight is 280 g/mol. The molecule has 5 heteroatoms. The maximum Gasteiger partial charge on any atom is 0.251 e. The minimum atomic E-state index is -0.531. The molecular weight excluding hydrogens is 260 g/mol. The Hall–Kier alpha value is -1.49. The molecule has 0 heterocycles. The van der Waals surface area contributed by atoms with E-state index in [4.69, 9.17) is 0 Å². The molecule has 0 aliphatic heterocycles. The molecule has 0 unspecified atom stereocenters. The first-order valence-electron chi connectivity index (χ1n) is 6.25. The highest BCUT2D eigenvalue weighted by atomic mass is 32.2. The van der Waals surface area contributed by atoms with E-state index < -0.39 is 6.04 Å². The Balaban J connectivity index is 2.67. The smallest absolute Gasteiger partial charge is 0.251 e. The van der Waals surface area contributed by atoms with Crippen LogP contribution in [0.15, 0.2) is 24.3 Å². The topological polar surface area (TPSA) is 58.2 Å². The van der Waals surface area contributed by atoms with E-state index in [2.05, 4.69) is 10.6 Å². The number of rotatable bonds is 6. The van der Waals surface area contributed by atoms with Crippen molar-refractivity contribution >= 4 is 23.6 Å². The van der Waals surface area contributed by atoms with Gasteiger partial charge in [-0.3, -0.25) is 9.59 Å². The van der Waals surface area contributed by atoms with Crippen molar-refractivity contribution in [2.45, 2.75) is 25.6 Å². The third-order valence-corrected chi connectivity index (χ3v) is 3.21. The number of amides is 2. The van der Waals surface area contributed by atoms with Crippen molar-refractivity contribution in [3.63, 3.8) is 0 Å². The number of hydrogen-bond acceptors (Lipinski definition) is 3. The van der Waals surface area contributed by atoms with Crippen molar-refractivity contribution in [1.82, 2.24) is 10.6 Å². The Kier molecular flexibility index (Phi) is 6.42. The van der Waals surface area contributed by atoms with E-state index in [1.807, 2.05) is 31.4 Å². The largest absolute Gasteiger partial charge is 0.355 e. The van der Waals surface area contributed by atoms with Crippen LogP contribution in [0.1, 0.15) is 29.8 Å². The third kappa shape index (κ3) is 4.95. The second kappa shape index (κ2) is 7.84. The van der Waals surface area contributed by atoms with Gasteiger partial charge in [0, 0.05) is 17.9 Å². The van der Waals surface area contributed by atoms with Crippen LogP contribution in [0.4, 0.5) is 0 Å². The number of carbonyl (C=O) groups excluding carboxylic acids is 2. The molecule has 1 aromatic rings. The summed E-state index contributed by atoms with van der Waals surface area (Å²) >= 11 is 1.70. The van der Waals surface area contributed by atoms with E-state index in [1.165, 1.54) is 0 Å². The zero-order chi connectivity index (χ0) is 14.3. The molecule has 104 valence electrons. The summed E-state index contributed by atoms with van der Waals surface area (Å²) in [5.74, 6) is 0.477. The normalized spacial score (nSPS) is 11.7. The van der Waals surface area contributed by atoms with E-state index in [-0.39, 0.29) is 11.8 Å². The van der Waals surface area contributed by atoms with Gasteiger partial charge in [-0.25, -0.2) is 0 Å². The second-order valence-corrected chi connectivity index (χ2v) is 5.09. The molecule has 4 nitrogen and oxygen atoms in total. The first kappa shape index (κ1) is 15.6. The van der Waals surface area contributed by atoms with Gasteiger partial charge >= 0.3 is 0 Å². The number of nitrogens with one attached hydrogen (secondary N) is 2. The van der Waals surface area contributed by atoms with Crippen LogP contribution in [0.3, 0.4) is 0 Å². The summed E-state index contributed by atoms with van der Waals surface area (Å²) in [5, 5.41) is 5.37. The monoisotopic (exact) mass is 280 g/mol. The number of hydrogen-bond donors (Lipinski definition) is 2. The summed E-state index contributed by atoms with van der Waals surface area (Å²) < 4.78 is 0. The highest BCUT2D eigenvalue weighted by molar-refractivity contribution is 7.97. The van der Waals surface area contributed by atoms with Crippen molar-refractivity contribution in [2.75, 3.05) is 12.8 Å². The summed E-state index contributed by atoms with van der Waals surface area (Å²) in [6.07, 6.45) is 2.02. The fourth-order valence-corrected chi connectivity index (χ4v) is 2.15. The van der Waals surface area contributed by atoms with Gasteiger partial charge in [-0.1, -0.05) is 12.1 Å². The summed E-state index contributed by atoms with van der Waals surface area (Å²) in [6.45, 7) is 4.08. The Morgan fingerprint density at radius 2 is 2.11 bits per heavy atom. The maximum atomic E-state index is 12.0. The minimum absolute atomic E-state index is 0.170. The highest BCUT2D eigenvalue weighted by Gasteiger charge is 2.15. The van der Waals surface area contributed by atoms with E-state index in [0.29, 0.717) is 12.1 Å². The molecule has 0 bridgehead atoms. The predicted octanol–water partition coefficient (Wildman–Crippen LogP) is 1.80. The van der Waals surface area contributed by atoms with E-state index in [9.17, 15) is 9.59 Å². The number of thioether (sulfide) groups is 1. The van der Waals surface area contributed by atoms with Gasteiger partial charge in [0.15, 0.2) is 0 Å². The fraction of sp³-hybridized carbons (Fsp3) is 0.429. The van der Waals surface area contributed by atoms with Crippen molar-refractivity contribution in [3.8, 4) is 0 Å². The highest BCUT2D eigenvalue weighted by Crippen LogP contribution is 2.11. The van der Waals surface area contributed by atoms with Crippen LogP contribution < -0.4 is 10.6 Å². The van der Waals surface area contributed by atoms with Crippen LogP contribution in [-0.2, 0) is 10.5 Å². The van der Waals surface area contributed by atoms with Gasteiger partial charge in [0.2, 0.25) is 5.91 Å². The van der Waals surface area contributed by atoms with Crippen LogP contribution in [0.25, 0.3) is 0 Å². The predicted molar refractivity (Wildman–Crippen MR) is 79.3 cm³/mol. The first-order chi connectivity index (χ1) is 9.08. The van der Waals surface area contributed by atoms with Crippen LogP contribution >= 0.6 is 11.8 Å². The lowest BCUT2D eigenvalue weighted by Gasteiger charge is -2.13. The first-order valence-corrected chi connectivity index (χ1v) is 7.64. The molecule has 0 spiro atoms. The molecular formula is C14H20N2O2S. The van der Waals surface area contributed by atoms with Crippen molar-refractivity contribution in [2.24, 2.45) is 0 Å². The fourth-order valence-electron chi connectivity index (χ4n) is 1.64. The molecule has 2 amide bonds. The molecule has 0 saturated heterocycles. The summed E-state index contributed by atoms with van der Waals surface area (Å²) in [6, 6.07) is 6.93. The van der Waals surface area contributed by atoms with E-state index >= 15 is 0 Å². The third-order valence-electron chi connectivity index (χ3n) is 2.59. The summed E-state index contributed by atoms with van der Waals surface area (Å²) in [4.78, 5) is 23.6. The SMILES string of the molecule is CCNC(=O)[C@@H](C)NC(=O)c1cccc(CSC)c1. The van der Waals surface area contributed by atoms with Crippen LogP contribution in [0.5, 0.6) is 0 Å². The number of carbonyl (C=O) groups is 2. The number of likely N-dealkylation sites (N-methyl/N-ethyl adjacent to an activating group) is 1. The summed E-state index contributed by atoms with van der Waals surface area (Å²) in [5.41, 5.74) is 1.69. The van der Waals surface area contributed by atoms with Crippen molar-refractivity contribution in [1.29, 1.82) is 0 Å². The van der Waals surface area contributed by atoms with Gasteiger partial charge in [0.25, 0.3) is 5.91 Å². The van der Waals surface area contributed by atoms with Crippen LogP contribution in [0.2, 0.25) is 0 Å². The molecule has 0 fully saturated rings. The molecule has 2 N–H and O–H groups in total. The standard InChI is InChI=1S/C14H20N2O2S/c1-4-15-13(17)10(2)16-14(18)12-7-5-6-11(8-12)9-19-3/h5-8,10H,4,9H2,1-3H3,(H,15,17)(H,16,18)/t10-/m1/s1. The Labute approximate surface area is 118 Å². The lowest BCUT2D eigenvalue weighted by Crippen LogP contribution is -2.44. The Bertz CT molecular complexity index is 449. The van der Waals surface area contributed by atoms with Crippen molar-refractivity contribution < 1.29 is 9.59 Å². The van der Waals surface area contributed by atoms with E-state index in [0.717, 1.165) is 11.3 Å². The van der Waals surface area contributed by atoms with Gasteiger partial charge < -0.3 is 10.6 Å². The molecule has 0 aliphatic rings. The second-order valence-electron chi connectivity index (χ2n) is 4.22. The maximum absolute atomic E-state index is 12.0. The van der Waals surface area contributed by atoms with E-state index in [1.54, 1.807) is 24.8 Å². The van der Waals surface area contributed by atoms with Gasteiger partial charge in [-0.2, -0.15) is 11.8 Å². The quantitative estimate of drug-likeness (QED) is 0.835. The van der Waals surface area contributed by atoms with Crippen molar-refractivity contribution in [3.05, 3.63) is 35.4 Å². The molecule has 1 atom stereocenters. The molecule has 19 heavy (non-hydrogen) atoms. The summed E-state index contributed by atoms with van der Waals surface area (Å²) in [7, 11) is 0. The van der Waals surface area contributed by atoms with Gasteiger partial charge in [-0.15, -0.1) is 0 Å². The zero-order valence-corrected chi connectivity index (χ0v) is 12.3. The molecule has 0 aromatic heterocycles. The van der Waals surface area contributed by atoms with Gasteiger partial charge in [-0.05, 0) is 37.8 Å². The number of benzene rings is 1. The molecule has 0 saturated carbocycles.